The summed E-state index contributed by atoms with van der Waals surface area (Å²) in [6, 6.07) is 10.2. The molecule has 5 nitrogen and oxygen atoms in total. The number of guanidine groups is 1. The number of ether oxygens (including phenoxy) is 2. The summed E-state index contributed by atoms with van der Waals surface area (Å²) >= 11 is 0. The third-order valence-electron chi connectivity index (χ3n) is 2.58. The highest BCUT2D eigenvalue weighted by Crippen LogP contribution is 1.99. The first kappa shape index (κ1) is 16.5. The lowest BCUT2D eigenvalue weighted by Crippen LogP contribution is -2.39. The molecule has 0 aliphatic heterocycles. The van der Waals surface area contributed by atoms with Gasteiger partial charge in [-0.2, -0.15) is 0 Å². The zero-order valence-corrected chi connectivity index (χ0v) is 12.4. The Morgan fingerprint density at radius 2 is 1.90 bits per heavy atom. The molecule has 5 heteroatoms. The van der Waals surface area contributed by atoms with Gasteiger partial charge in [-0.15, -0.1) is 0 Å². The van der Waals surface area contributed by atoms with Crippen molar-refractivity contribution in [3.05, 3.63) is 35.9 Å². The molecule has 0 bridgehead atoms. The molecule has 0 unspecified atom stereocenters. The summed E-state index contributed by atoms with van der Waals surface area (Å²) in [5.41, 5.74) is 1.20. The van der Waals surface area contributed by atoms with Gasteiger partial charge in [-0.3, -0.25) is 0 Å². The number of nitrogens with one attached hydrogen (secondary N) is 2. The van der Waals surface area contributed by atoms with E-state index in [1.165, 1.54) is 5.56 Å². The maximum absolute atomic E-state index is 5.40. The van der Waals surface area contributed by atoms with E-state index in [4.69, 9.17) is 9.47 Å². The molecule has 0 aromatic heterocycles. The van der Waals surface area contributed by atoms with Crippen LogP contribution in [0.3, 0.4) is 0 Å². The van der Waals surface area contributed by atoms with Crippen LogP contribution in [0.2, 0.25) is 0 Å². The van der Waals surface area contributed by atoms with Crippen LogP contribution in [-0.4, -0.2) is 46.0 Å². The van der Waals surface area contributed by atoms with E-state index >= 15 is 0 Å². The molecule has 0 saturated heterocycles. The maximum atomic E-state index is 5.40. The van der Waals surface area contributed by atoms with E-state index in [2.05, 4.69) is 34.7 Å². The van der Waals surface area contributed by atoms with Crippen LogP contribution in [-0.2, 0) is 16.0 Å². The lowest BCUT2D eigenvalue weighted by Gasteiger charge is -2.11. The summed E-state index contributed by atoms with van der Waals surface area (Å²) < 4.78 is 10.3. The van der Waals surface area contributed by atoms with Crippen LogP contribution in [0.4, 0.5) is 0 Å². The molecule has 112 valence electrons. The van der Waals surface area contributed by atoms with E-state index in [1.807, 2.05) is 18.2 Å². The molecule has 0 aliphatic rings. The van der Waals surface area contributed by atoms with Crippen molar-refractivity contribution in [2.45, 2.75) is 13.5 Å². The molecule has 1 aromatic rings. The van der Waals surface area contributed by atoms with E-state index in [1.54, 1.807) is 7.11 Å². The normalized spacial score (nSPS) is 11.4. The van der Waals surface area contributed by atoms with Crippen molar-refractivity contribution >= 4 is 5.96 Å². The number of hydrogen-bond acceptors (Lipinski definition) is 3. The summed E-state index contributed by atoms with van der Waals surface area (Å²) in [6.07, 6.45) is 0. The van der Waals surface area contributed by atoms with Gasteiger partial charge in [0.2, 0.25) is 0 Å². The van der Waals surface area contributed by atoms with E-state index in [9.17, 15) is 0 Å². The lowest BCUT2D eigenvalue weighted by atomic mass is 10.2. The van der Waals surface area contributed by atoms with Gasteiger partial charge < -0.3 is 20.1 Å². The first-order valence-electron chi connectivity index (χ1n) is 6.99. The highest BCUT2D eigenvalue weighted by atomic mass is 16.5. The van der Waals surface area contributed by atoms with Gasteiger partial charge in [0, 0.05) is 20.2 Å². The Kier molecular flexibility index (Phi) is 9.26. The highest BCUT2D eigenvalue weighted by molar-refractivity contribution is 5.79. The molecule has 20 heavy (non-hydrogen) atoms. The fourth-order valence-electron chi connectivity index (χ4n) is 1.58. The third kappa shape index (κ3) is 7.76. The van der Waals surface area contributed by atoms with Gasteiger partial charge in [-0.1, -0.05) is 30.3 Å². The Morgan fingerprint density at radius 3 is 2.60 bits per heavy atom. The minimum absolute atomic E-state index is 0.621. The van der Waals surface area contributed by atoms with Crippen LogP contribution < -0.4 is 10.6 Å². The van der Waals surface area contributed by atoms with Gasteiger partial charge >= 0.3 is 0 Å². The molecule has 0 radical (unpaired) electrons. The Labute approximate surface area is 121 Å². The summed E-state index contributed by atoms with van der Waals surface area (Å²) in [5.74, 6) is 0.812. The van der Waals surface area contributed by atoms with Crippen molar-refractivity contribution < 1.29 is 9.47 Å². The fraction of sp³-hybridized carbons (Fsp3) is 0.533. The average molecular weight is 279 g/mol. The quantitative estimate of drug-likeness (QED) is 0.408. The maximum Gasteiger partial charge on any atom is 0.191 e. The largest absolute Gasteiger partial charge is 0.382 e. The zero-order valence-electron chi connectivity index (χ0n) is 12.4. The van der Waals surface area contributed by atoms with E-state index < -0.39 is 0 Å². The zero-order chi connectivity index (χ0) is 14.5. The molecule has 1 aromatic carbocycles. The molecule has 0 aliphatic carbocycles. The van der Waals surface area contributed by atoms with Crippen LogP contribution >= 0.6 is 0 Å². The average Bonchev–Trinajstić information content (AvgIpc) is 2.49. The summed E-state index contributed by atoms with van der Waals surface area (Å²) in [6.45, 7) is 6.17. The second kappa shape index (κ2) is 11.3. The first-order valence-corrected chi connectivity index (χ1v) is 6.99. The van der Waals surface area contributed by atoms with Gasteiger partial charge in [0.05, 0.1) is 26.4 Å². The molecule has 0 heterocycles. The van der Waals surface area contributed by atoms with E-state index in [-0.39, 0.29) is 0 Å². The van der Waals surface area contributed by atoms with Crippen LogP contribution in [0.25, 0.3) is 0 Å². The predicted molar refractivity (Wildman–Crippen MR) is 82.0 cm³/mol. The summed E-state index contributed by atoms with van der Waals surface area (Å²) in [4.78, 5) is 4.53. The molecule has 0 fully saturated rings. The molecular formula is C15H25N3O2. The SMILES string of the molecule is CCNC(=NCc1ccccc1)NCCOCCOC. The second-order valence-corrected chi connectivity index (χ2v) is 4.21. The Balaban J connectivity index is 2.28. The van der Waals surface area contributed by atoms with Crippen molar-refractivity contribution in [2.24, 2.45) is 4.99 Å². The summed E-state index contributed by atoms with van der Waals surface area (Å²) in [5, 5.41) is 6.45. The predicted octanol–water partition coefficient (Wildman–Crippen LogP) is 1.40. The second-order valence-electron chi connectivity index (χ2n) is 4.21. The minimum Gasteiger partial charge on any atom is -0.382 e. The molecule has 0 spiro atoms. The number of benzene rings is 1. The van der Waals surface area contributed by atoms with Crippen molar-refractivity contribution in [1.29, 1.82) is 0 Å². The molecule has 0 atom stereocenters. The highest BCUT2D eigenvalue weighted by Gasteiger charge is 1.97. The van der Waals surface area contributed by atoms with Gasteiger partial charge in [0.15, 0.2) is 5.96 Å². The number of nitrogens with zero attached hydrogens (tertiary/aromatic N) is 1. The van der Waals surface area contributed by atoms with Gasteiger partial charge in [0.1, 0.15) is 0 Å². The fourth-order valence-corrected chi connectivity index (χ4v) is 1.58. The van der Waals surface area contributed by atoms with Crippen molar-refractivity contribution in [3.63, 3.8) is 0 Å². The lowest BCUT2D eigenvalue weighted by molar-refractivity contribution is 0.0733. The minimum atomic E-state index is 0.621. The third-order valence-corrected chi connectivity index (χ3v) is 2.58. The van der Waals surface area contributed by atoms with Crippen molar-refractivity contribution in [2.75, 3.05) is 40.0 Å². The number of aliphatic imine (C=N–C) groups is 1. The van der Waals surface area contributed by atoms with Gasteiger partial charge in [0.25, 0.3) is 0 Å². The molecule has 1 rings (SSSR count). The Morgan fingerprint density at radius 1 is 1.10 bits per heavy atom. The van der Waals surface area contributed by atoms with Crippen LogP contribution in [0.5, 0.6) is 0 Å². The van der Waals surface area contributed by atoms with Crippen LogP contribution in [0.15, 0.2) is 35.3 Å². The van der Waals surface area contributed by atoms with Crippen molar-refractivity contribution in [3.8, 4) is 0 Å². The molecule has 0 amide bonds. The van der Waals surface area contributed by atoms with Crippen molar-refractivity contribution in [1.82, 2.24) is 10.6 Å². The Hall–Kier alpha value is -1.59. The van der Waals surface area contributed by atoms with Gasteiger partial charge in [-0.05, 0) is 12.5 Å². The van der Waals surface area contributed by atoms with Crippen LogP contribution in [0.1, 0.15) is 12.5 Å². The molecule has 2 N–H and O–H groups in total. The number of methoxy groups -OCH3 is 1. The first-order chi connectivity index (χ1) is 9.86. The van der Waals surface area contributed by atoms with Crippen LogP contribution in [0, 0.1) is 0 Å². The number of hydrogen-bond donors (Lipinski definition) is 2. The van der Waals surface area contributed by atoms with E-state index in [0.717, 1.165) is 19.0 Å². The summed E-state index contributed by atoms with van der Waals surface area (Å²) in [7, 11) is 1.67. The molecular weight excluding hydrogens is 254 g/mol. The smallest absolute Gasteiger partial charge is 0.191 e. The topological polar surface area (TPSA) is 54.9 Å². The van der Waals surface area contributed by atoms with E-state index in [0.29, 0.717) is 26.4 Å². The molecule has 0 saturated carbocycles. The monoisotopic (exact) mass is 279 g/mol. The number of rotatable bonds is 9. The Bertz CT molecular complexity index is 369. The van der Waals surface area contributed by atoms with Gasteiger partial charge in [-0.25, -0.2) is 4.99 Å². The standard InChI is InChI=1S/C15H25N3O2/c1-3-16-15(17-9-10-20-12-11-19-2)18-13-14-7-5-4-6-8-14/h4-8H,3,9-13H2,1-2H3,(H2,16,17,18).